The summed E-state index contributed by atoms with van der Waals surface area (Å²) in [5.74, 6) is 0.0392. The molecule has 1 aromatic rings. The molecule has 2 unspecified atom stereocenters. The minimum atomic E-state index is -1.01. The van der Waals surface area contributed by atoms with E-state index in [1.165, 1.54) is 11.1 Å². The van der Waals surface area contributed by atoms with Crippen molar-refractivity contribution < 1.29 is 24.2 Å². The van der Waals surface area contributed by atoms with Crippen LogP contribution in [0.15, 0.2) is 18.2 Å². The van der Waals surface area contributed by atoms with Crippen molar-refractivity contribution in [3.8, 4) is 5.75 Å². The van der Waals surface area contributed by atoms with Gasteiger partial charge in [0.05, 0.1) is 20.3 Å². The molecule has 1 aromatic carbocycles. The zero-order valence-electron chi connectivity index (χ0n) is 13.9. The first-order chi connectivity index (χ1) is 11.6. The Morgan fingerprint density at radius 3 is 3.00 bits per heavy atom. The molecule has 0 radical (unpaired) electrons. The largest absolute Gasteiger partial charge is 0.497 e. The van der Waals surface area contributed by atoms with Crippen LogP contribution in [0.2, 0.25) is 0 Å². The van der Waals surface area contributed by atoms with Crippen molar-refractivity contribution in [2.24, 2.45) is 0 Å². The van der Waals surface area contributed by atoms with Crippen molar-refractivity contribution in [1.29, 1.82) is 0 Å². The van der Waals surface area contributed by atoms with Crippen molar-refractivity contribution in [3.63, 3.8) is 0 Å². The van der Waals surface area contributed by atoms with Gasteiger partial charge in [-0.2, -0.15) is 0 Å². The molecule has 3 rings (SSSR count). The van der Waals surface area contributed by atoms with Crippen molar-refractivity contribution in [2.75, 3.05) is 26.8 Å². The Balaban J connectivity index is 1.68. The Morgan fingerprint density at radius 2 is 2.25 bits per heavy atom. The van der Waals surface area contributed by atoms with Gasteiger partial charge in [0.15, 0.2) is 6.10 Å². The van der Waals surface area contributed by atoms with Gasteiger partial charge in [-0.25, -0.2) is 4.79 Å². The molecule has 1 heterocycles. The van der Waals surface area contributed by atoms with Gasteiger partial charge in [-0.1, -0.05) is 6.07 Å². The number of morpholine rings is 1. The molecule has 2 atom stereocenters. The number of amides is 1. The SMILES string of the molecule is COc1ccc2c(c1)CCCC2CC(=O)N1CCOC(C(=O)O)C1. The maximum atomic E-state index is 12.6. The number of hydrogen-bond acceptors (Lipinski definition) is 4. The fraction of sp³-hybridized carbons (Fsp3) is 0.556. The normalized spacial score (nSPS) is 23.5. The fourth-order valence-corrected chi connectivity index (χ4v) is 3.60. The lowest BCUT2D eigenvalue weighted by molar-refractivity contribution is -0.159. The van der Waals surface area contributed by atoms with E-state index in [0.29, 0.717) is 13.0 Å². The van der Waals surface area contributed by atoms with Crippen LogP contribution < -0.4 is 4.74 Å². The maximum Gasteiger partial charge on any atom is 0.334 e. The van der Waals surface area contributed by atoms with Crippen LogP contribution in [0.25, 0.3) is 0 Å². The zero-order valence-corrected chi connectivity index (χ0v) is 13.9. The third-order valence-electron chi connectivity index (χ3n) is 4.90. The number of carbonyl (C=O) groups is 2. The van der Waals surface area contributed by atoms with Gasteiger partial charge < -0.3 is 19.5 Å². The average molecular weight is 333 g/mol. The molecule has 1 amide bonds. The second kappa shape index (κ2) is 7.21. The van der Waals surface area contributed by atoms with Crippen LogP contribution in [-0.2, 0) is 20.7 Å². The van der Waals surface area contributed by atoms with Crippen LogP contribution in [0.3, 0.4) is 0 Å². The second-order valence-corrected chi connectivity index (χ2v) is 6.40. The number of carboxylic acid groups (broad SMARTS) is 1. The first-order valence-corrected chi connectivity index (χ1v) is 8.37. The zero-order chi connectivity index (χ0) is 17.1. The molecule has 1 saturated heterocycles. The van der Waals surface area contributed by atoms with E-state index in [9.17, 15) is 9.59 Å². The molecule has 1 aliphatic heterocycles. The number of aliphatic carboxylic acids is 1. The highest BCUT2D eigenvalue weighted by Gasteiger charge is 2.31. The van der Waals surface area contributed by atoms with Gasteiger partial charge in [-0.15, -0.1) is 0 Å². The lowest BCUT2D eigenvalue weighted by Gasteiger charge is -2.33. The highest BCUT2D eigenvalue weighted by molar-refractivity contribution is 5.79. The molecule has 0 bridgehead atoms. The Morgan fingerprint density at radius 1 is 1.42 bits per heavy atom. The number of carbonyl (C=O) groups excluding carboxylic acids is 1. The summed E-state index contributed by atoms with van der Waals surface area (Å²) in [6.45, 7) is 0.877. The molecule has 1 N–H and O–H groups in total. The number of ether oxygens (including phenoxy) is 2. The number of fused-ring (bicyclic) bond motifs is 1. The molecule has 6 heteroatoms. The molecular formula is C18H23NO5. The first-order valence-electron chi connectivity index (χ1n) is 8.37. The lowest BCUT2D eigenvalue weighted by Crippen LogP contribution is -2.48. The van der Waals surface area contributed by atoms with Gasteiger partial charge >= 0.3 is 5.97 Å². The summed E-state index contributed by atoms with van der Waals surface area (Å²) in [6.07, 6.45) is 2.56. The highest BCUT2D eigenvalue weighted by atomic mass is 16.5. The van der Waals surface area contributed by atoms with Crippen molar-refractivity contribution in [1.82, 2.24) is 4.90 Å². The van der Waals surface area contributed by atoms with E-state index in [-0.39, 0.29) is 25.0 Å². The third kappa shape index (κ3) is 3.53. The molecule has 0 saturated carbocycles. The smallest absolute Gasteiger partial charge is 0.334 e. The fourth-order valence-electron chi connectivity index (χ4n) is 3.60. The Kier molecular flexibility index (Phi) is 5.04. The molecule has 1 fully saturated rings. The van der Waals surface area contributed by atoms with Gasteiger partial charge in [-0.05, 0) is 48.4 Å². The maximum absolute atomic E-state index is 12.6. The van der Waals surface area contributed by atoms with Crippen molar-refractivity contribution in [2.45, 2.75) is 37.7 Å². The Hall–Kier alpha value is -2.08. The van der Waals surface area contributed by atoms with Crippen molar-refractivity contribution >= 4 is 11.9 Å². The number of hydrogen-bond donors (Lipinski definition) is 1. The minimum Gasteiger partial charge on any atom is -0.497 e. The van der Waals surface area contributed by atoms with Crippen LogP contribution in [-0.4, -0.2) is 54.8 Å². The Bertz CT molecular complexity index is 630. The summed E-state index contributed by atoms with van der Waals surface area (Å²) >= 11 is 0. The predicted molar refractivity (Wildman–Crippen MR) is 87.2 cm³/mol. The van der Waals surface area contributed by atoms with Crippen LogP contribution >= 0.6 is 0 Å². The monoisotopic (exact) mass is 333 g/mol. The first kappa shape index (κ1) is 16.8. The molecule has 24 heavy (non-hydrogen) atoms. The summed E-state index contributed by atoms with van der Waals surface area (Å²) < 4.78 is 10.5. The van der Waals surface area contributed by atoms with Crippen LogP contribution in [0.4, 0.5) is 0 Å². The van der Waals surface area contributed by atoms with E-state index in [1.807, 2.05) is 6.07 Å². The van der Waals surface area contributed by atoms with Gasteiger partial charge in [0.1, 0.15) is 5.75 Å². The van der Waals surface area contributed by atoms with Gasteiger partial charge in [-0.3, -0.25) is 4.79 Å². The van der Waals surface area contributed by atoms with Crippen LogP contribution in [0.1, 0.15) is 36.3 Å². The third-order valence-corrected chi connectivity index (χ3v) is 4.90. The van der Waals surface area contributed by atoms with E-state index in [0.717, 1.165) is 25.0 Å². The number of rotatable bonds is 4. The average Bonchev–Trinajstić information content (AvgIpc) is 2.61. The van der Waals surface area contributed by atoms with E-state index < -0.39 is 12.1 Å². The molecule has 1 aliphatic carbocycles. The quantitative estimate of drug-likeness (QED) is 0.909. The summed E-state index contributed by atoms with van der Waals surface area (Å²) in [4.78, 5) is 25.3. The van der Waals surface area contributed by atoms with Crippen LogP contribution in [0.5, 0.6) is 5.75 Å². The molecule has 0 spiro atoms. The van der Waals surface area contributed by atoms with E-state index in [4.69, 9.17) is 14.6 Å². The molecule has 130 valence electrons. The van der Waals surface area contributed by atoms with Gasteiger partial charge in [0, 0.05) is 13.0 Å². The predicted octanol–water partition coefficient (Wildman–Crippen LogP) is 1.82. The van der Waals surface area contributed by atoms with Gasteiger partial charge in [0.2, 0.25) is 5.91 Å². The number of nitrogens with zero attached hydrogens (tertiary/aromatic N) is 1. The standard InChI is InChI=1S/C18H23NO5/c1-23-14-5-6-15-12(9-14)3-2-4-13(15)10-17(20)19-7-8-24-16(11-19)18(21)22/h5-6,9,13,16H,2-4,7-8,10-11H2,1H3,(H,21,22). The summed E-state index contributed by atoms with van der Waals surface area (Å²) in [7, 11) is 1.66. The number of benzene rings is 1. The highest BCUT2D eigenvalue weighted by Crippen LogP contribution is 2.36. The molecule has 2 aliphatic rings. The molecular weight excluding hydrogens is 310 g/mol. The number of aryl methyl sites for hydroxylation is 1. The van der Waals surface area contributed by atoms with Crippen molar-refractivity contribution in [3.05, 3.63) is 29.3 Å². The summed E-state index contributed by atoms with van der Waals surface area (Å²) in [5.41, 5.74) is 2.47. The second-order valence-electron chi connectivity index (χ2n) is 6.40. The minimum absolute atomic E-state index is 0.0122. The van der Waals surface area contributed by atoms with E-state index in [1.54, 1.807) is 12.0 Å². The molecule has 0 aromatic heterocycles. The van der Waals surface area contributed by atoms with Crippen LogP contribution in [0, 0.1) is 0 Å². The number of methoxy groups -OCH3 is 1. The lowest BCUT2D eigenvalue weighted by atomic mass is 9.80. The topological polar surface area (TPSA) is 76.1 Å². The summed E-state index contributed by atoms with van der Waals surface area (Å²) in [5, 5.41) is 9.06. The molecule has 6 nitrogen and oxygen atoms in total. The Labute approximate surface area is 141 Å². The van der Waals surface area contributed by atoms with E-state index in [2.05, 4.69) is 12.1 Å². The van der Waals surface area contributed by atoms with Gasteiger partial charge in [0.25, 0.3) is 0 Å². The van der Waals surface area contributed by atoms with E-state index >= 15 is 0 Å². The summed E-state index contributed by atoms with van der Waals surface area (Å²) in [6, 6.07) is 6.06. The number of carboxylic acids is 1.